The molecule has 0 N–H and O–H groups in total. The van der Waals surface area contributed by atoms with Crippen molar-refractivity contribution in [3.63, 3.8) is 0 Å². The van der Waals surface area contributed by atoms with Crippen molar-refractivity contribution >= 4 is 17.8 Å². The number of esters is 1. The molecule has 0 fully saturated rings. The fourth-order valence-corrected chi connectivity index (χ4v) is 3.10. The highest BCUT2D eigenvalue weighted by Crippen LogP contribution is 2.25. The van der Waals surface area contributed by atoms with Gasteiger partial charge in [0.15, 0.2) is 0 Å². The van der Waals surface area contributed by atoms with Crippen molar-refractivity contribution in [2.75, 3.05) is 6.54 Å². The van der Waals surface area contributed by atoms with Crippen LogP contribution < -0.4 is 4.74 Å². The Bertz CT molecular complexity index is 866. The van der Waals surface area contributed by atoms with Gasteiger partial charge in [-0.25, -0.2) is 0 Å². The molecule has 0 aliphatic carbocycles. The van der Waals surface area contributed by atoms with Crippen LogP contribution in [-0.4, -0.2) is 29.2 Å². The van der Waals surface area contributed by atoms with E-state index in [2.05, 4.69) is 0 Å². The van der Waals surface area contributed by atoms with Crippen LogP contribution in [0, 0.1) is 20.8 Å². The second-order valence-electron chi connectivity index (χ2n) is 6.59. The summed E-state index contributed by atoms with van der Waals surface area (Å²) in [5, 5.41) is 0. The Hall–Kier alpha value is -2.95. The Morgan fingerprint density at radius 2 is 1.62 bits per heavy atom. The maximum absolute atomic E-state index is 12.3. The molecule has 26 heavy (non-hydrogen) atoms. The third-order valence-electron chi connectivity index (χ3n) is 4.63. The number of fused-ring (bicyclic) bond motifs is 1. The number of imide groups is 1. The highest BCUT2D eigenvalue weighted by molar-refractivity contribution is 6.21. The molecule has 0 saturated heterocycles. The Labute approximate surface area is 152 Å². The van der Waals surface area contributed by atoms with Crippen LogP contribution in [-0.2, 0) is 4.79 Å². The van der Waals surface area contributed by atoms with Crippen LogP contribution in [0.1, 0.15) is 50.2 Å². The van der Waals surface area contributed by atoms with Gasteiger partial charge in [-0.2, -0.15) is 0 Å². The number of amides is 2. The average Bonchev–Trinajstić information content (AvgIpc) is 2.84. The third-order valence-corrected chi connectivity index (χ3v) is 4.63. The molecule has 0 radical (unpaired) electrons. The van der Waals surface area contributed by atoms with E-state index in [0.717, 1.165) is 16.7 Å². The van der Waals surface area contributed by atoms with Gasteiger partial charge in [-0.15, -0.1) is 0 Å². The molecule has 0 bridgehead atoms. The van der Waals surface area contributed by atoms with Crippen molar-refractivity contribution < 1.29 is 19.1 Å². The molecular weight excluding hydrogens is 330 g/mol. The van der Waals surface area contributed by atoms with Crippen molar-refractivity contribution in [3.8, 4) is 5.75 Å². The summed E-state index contributed by atoms with van der Waals surface area (Å²) in [5.41, 5.74) is 3.88. The van der Waals surface area contributed by atoms with Gasteiger partial charge in [-0.05, 0) is 62.1 Å². The van der Waals surface area contributed by atoms with Crippen LogP contribution in [0.25, 0.3) is 0 Å². The molecule has 0 aromatic heterocycles. The normalized spacial score (nSPS) is 13.1. The van der Waals surface area contributed by atoms with Crippen molar-refractivity contribution in [2.45, 2.75) is 33.6 Å². The van der Waals surface area contributed by atoms with Crippen LogP contribution in [0.4, 0.5) is 0 Å². The molecule has 1 aliphatic heterocycles. The summed E-state index contributed by atoms with van der Waals surface area (Å²) in [6.45, 7) is 6.04. The molecule has 1 heterocycles. The number of rotatable bonds is 5. The monoisotopic (exact) mass is 351 g/mol. The van der Waals surface area contributed by atoms with Crippen molar-refractivity contribution in [2.24, 2.45) is 0 Å². The molecule has 3 rings (SSSR count). The Kier molecular flexibility index (Phi) is 4.89. The first kappa shape index (κ1) is 17.9. The molecule has 0 unspecified atom stereocenters. The van der Waals surface area contributed by atoms with Crippen molar-refractivity contribution in [1.82, 2.24) is 4.90 Å². The van der Waals surface area contributed by atoms with Crippen LogP contribution in [0.15, 0.2) is 36.4 Å². The third kappa shape index (κ3) is 3.38. The predicted molar refractivity (Wildman–Crippen MR) is 97.3 cm³/mol. The number of nitrogens with zero attached hydrogens (tertiary/aromatic N) is 1. The molecule has 0 spiro atoms. The van der Waals surface area contributed by atoms with Crippen LogP contribution >= 0.6 is 0 Å². The molecule has 5 heteroatoms. The van der Waals surface area contributed by atoms with E-state index in [1.165, 1.54) is 4.90 Å². The van der Waals surface area contributed by atoms with E-state index in [4.69, 9.17) is 4.74 Å². The van der Waals surface area contributed by atoms with Gasteiger partial charge in [-0.3, -0.25) is 19.3 Å². The lowest BCUT2D eigenvalue weighted by Crippen LogP contribution is -2.31. The maximum atomic E-state index is 12.3. The zero-order chi connectivity index (χ0) is 18.8. The van der Waals surface area contributed by atoms with Crippen molar-refractivity contribution in [3.05, 3.63) is 64.2 Å². The summed E-state index contributed by atoms with van der Waals surface area (Å²) < 4.78 is 5.46. The topological polar surface area (TPSA) is 63.7 Å². The van der Waals surface area contributed by atoms with Gasteiger partial charge >= 0.3 is 5.97 Å². The zero-order valence-corrected chi connectivity index (χ0v) is 15.2. The highest BCUT2D eigenvalue weighted by Gasteiger charge is 2.34. The first-order valence-electron chi connectivity index (χ1n) is 8.62. The summed E-state index contributed by atoms with van der Waals surface area (Å²) in [5.74, 6) is -0.406. The molecule has 2 amide bonds. The highest BCUT2D eigenvalue weighted by atomic mass is 16.5. The van der Waals surface area contributed by atoms with Gasteiger partial charge in [0, 0.05) is 13.0 Å². The first-order chi connectivity index (χ1) is 12.4. The lowest BCUT2D eigenvalue weighted by Gasteiger charge is -2.14. The number of carbonyl (C=O) groups is 3. The number of hydrogen-bond acceptors (Lipinski definition) is 4. The Morgan fingerprint density at radius 3 is 2.23 bits per heavy atom. The minimum Gasteiger partial charge on any atom is -0.426 e. The van der Waals surface area contributed by atoms with Gasteiger partial charge in [0.2, 0.25) is 0 Å². The van der Waals surface area contributed by atoms with Gasteiger partial charge in [0.1, 0.15) is 5.75 Å². The van der Waals surface area contributed by atoms with Crippen LogP contribution in [0.3, 0.4) is 0 Å². The zero-order valence-electron chi connectivity index (χ0n) is 15.2. The second kappa shape index (κ2) is 7.12. The quantitative estimate of drug-likeness (QED) is 0.469. The largest absolute Gasteiger partial charge is 0.426 e. The molecule has 2 aromatic carbocycles. The summed E-state index contributed by atoms with van der Waals surface area (Å²) >= 11 is 0. The Balaban J connectivity index is 1.57. The minimum absolute atomic E-state index is 0.139. The Morgan fingerprint density at radius 1 is 1.00 bits per heavy atom. The van der Waals surface area contributed by atoms with Gasteiger partial charge < -0.3 is 4.74 Å². The predicted octanol–water partition coefficient (Wildman–Crippen LogP) is 3.59. The maximum Gasteiger partial charge on any atom is 0.311 e. The summed E-state index contributed by atoms with van der Waals surface area (Å²) in [6.07, 6.45) is 0.508. The lowest BCUT2D eigenvalue weighted by atomic mass is 10.1. The molecule has 5 nitrogen and oxygen atoms in total. The van der Waals surface area contributed by atoms with E-state index in [0.29, 0.717) is 23.3 Å². The average molecular weight is 351 g/mol. The SMILES string of the molecule is Cc1cc(C)c(C)c(OC(=O)CCCN2C(=O)c3ccccc3C2=O)c1. The number of benzene rings is 2. The number of hydrogen-bond donors (Lipinski definition) is 0. The van der Waals surface area contributed by atoms with E-state index in [9.17, 15) is 14.4 Å². The first-order valence-corrected chi connectivity index (χ1v) is 8.62. The van der Waals surface area contributed by atoms with Crippen LogP contribution in [0.5, 0.6) is 5.75 Å². The van der Waals surface area contributed by atoms with Gasteiger partial charge in [-0.1, -0.05) is 18.2 Å². The molecule has 0 saturated carbocycles. The number of aryl methyl sites for hydroxylation is 2. The molecule has 1 aliphatic rings. The number of carbonyl (C=O) groups excluding carboxylic acids is 3. The lowest BCUT2D eigenvalue weighted by molar-refractivity contribution is -0.134. The van der Waals surface area contributed by atoms with E-state index >= 15 is 0 Å². The summed E-state index contributed by atoms with van der Waals surface area (Å²) in [6, 6.07) is 10.6. The van der Waals surface area contributed by atoms with Gasteiger partial charge in [0.25, 0.3) is 11.8 Å². The fraction of sp³-hybridized carbons (Fsp3) is 0.286. The van der Waals surface area contributed by atoms with Crippen LogP contribution in [0.2, 0.25) is 0 Å². The second-order valence-corrected chi connectivity index (χ2v) is 6.59. The summed E-state index contributed by atoms with van der Waals surface area (Å²) in [4.78, 5) is 37.9. The minimum atomic E-state index is -0.366. The smallest absolute Gasteiger partial charge is 0.311 e. The standard InChI is InChI=1S/C21H21NO4/c1-13-11-14(2)15(3)18(12-13)26-19(23)9-6-10-22-20(24)16-7-4-5-8-17(16)21(22)25/h4-5,7-8,11-12H,6,9-10H2,1-3H3. The molecular formula is C21H21NO4. The van der Waals surface area contributed by atoms with Crippen molar-refractivity contribution in [1.29, 1.82) is 0 Å². The van der Waals surface area contributed by atoms with Gasteiger partial charge in [0.05, 0.1) is 11.1 Å². The molecule has 2 aromatic rings. The summed E-state index contributed by atoms with van der Waals surface area (Å²) in [7, 11) is 0. The van der Waals surface area contributed by atoms with E-state index < -0.39 is 0 Å². The van der Waals surface area contributed by atoms with E-state index in [1.807, 2.05) is 32.9 Å². The molecule has 134 valence electrons. The van der Waals surface area contributed by atoms with E-state index in [1.54, 1.807) is 24.3 Å². The fourth-order valence-electron chi connectivity index (χ4n) is 3.10. The molecule has 0 atom stereocenters. The number of ether oxygens (including phenoxy) is 1. The van der Waals surface area contributed by atoms with E-state index in [-0.39, 0.29) is 30.7 Å².